The highest BCUT2D eigenvalue weighted by Crippen LogP contribution is 2.31. The molecule has 12 atom stereocenters. The van der Waals surface area contributed by atoms with Crippen LogP contribution in [0.3, 0.4) is 0 Å². The van der Waals surface area contributed by atoms with E-state index >= 15 is 0 Å². The number of unbranched alkanes of at least 4 members (excludes halogenated alkanes) is 61. The molecule has 14 nitrogen and oxygen atoms in total. The van der Waals surface area contributed by atoms with Crippen LogP contribution in [0.25, 0.3) is 0 Å². The number of hydrogen-bond donors (Lipinski definition) is 9. The summed E-state index contributed by atoms with van der Waals surface area (Å²) < 4.78 is 23.0. The lowest BCUT2D eigenvalue weighted by Crippen LogP contribution is -2.65. The van der Waals surface area contributed by atoms with Gasteiger partial charge in [0.1, 0.15) is 48.8 Å². The van der Waals surface area contributed by atoms with Crippen molar-refractivity contribution in [1.82, 2.24) is 5.32 Å². The summed E-state index contributed by atoms with van der Waals surface area (Å²) in [6.45, 7) is 2.95. The van der Waals surface area contributed by atoms with Crippen LogP contribution in [-0.2, 0) is 23.7 Å². The number of aliphatic hydroxyl groups is 8. The molecule has 14 heteroatoms. The Labute approximate surface area is 597 Å². The number of amides is 1. The number of hydrogen-bond acceptors (Lipinski definition) is 13. The lowest BCUT2D eigenvalue weighted by Gasteiger charge is -2.46. The van der Waals surface area contributed by atoms with Crippen molar-refractivity contribution in [1.29, 1.82) is 0 Å². The highest BCUT2D eigenvalue weighted by Gasteiger charge is 2.51. The summed E-state index contributed by atoms with van der Waals surface area (Å²) in [4.78, 5) is 13.4. The Morgan fingerprint density at radius 2 is 0.588 bits per heavy atom. The van der Waals surface area contributed by atoms with Crippen molar-refractivity contribution in [2.24, 2.45) is 0 Å². The van der Waals surface area contributed by atoms with Gasteiger partial charge in [-0.25, -0.2) is 0 Å². The molecule has 0 aromatic rings. The van der Waals surface area contributed by atoms with E-state index in [0.717, 1.165) is 51.4 Å². The number of aliphatic hydroxyl groups excluding tert-OH is 8. The fourth-order valence-electron chi connectivity index (χ4n) is 14.8. The molecule has 578 valence electrons. The van der Waals surface area contributed by atoms with Gasteiger partial charge in [0, 0.05) is 6.42 Å². The van der Waals surface area contributed by atoms with Crippen molar-refractivity contribution in [3.05, 3.63) is 0 Å². The topological polar surface area (TPSA) is 228 Å². The summed E-state index contributed by atoms with van der Waals surface area (Å²) in [5.41, 5.74) is 0. The van der Waals surface area contributed by atoms with Gasteiger partial charge in [0.05, 0.1) is 32.0 Å². The summed E-state index contributed by atoms with van der Waals surface area (Å²) >= 11 is 0. The molecule has 0 radical (unpaired) electrons. The summed E-state index contributed by atoms with van der Waals surface area (Å²) in [6, 6.07) is -0.826. The quantitative estimate of drug-likeness (QED) is 0.0259. The molecule has 0 bridgehead atoms. The van der Waals surface area contributed by atoms with E-state index in [1.807, 2.05) is 0 Å². The molecule has 9 N–H and O–H groups in total. The molecule has 2 aliphatic rings. The Morgan fingerprint density at radius 3 is 0.876 bits per heavy atom. The fourth-order valence-corrected chi connectivity index (χ4v) is 14.8. The Hall–Kier alpha value is -1.01. The normalized spacial score (nSPS) is 22.0. The standard InChI is InChI=1S/C83H163NO13/c1-3-5-7-9-11-13-15-17-19-21-23-25-27-29-31-32-33-34-35-36-37-38-39-40-41-43-45-47-49-51-53-55-57-59-61-63-65-67-75(88)84-71(70-94-82-80(93)78(91)81(74(69-86)96-82)97-83-79(92)77(90)76(89)73(68-85)95-83)72(87)66-64-62-60-58-56-54-52-50-48-46-44-42-30-28-26-24-22-20-18-16-14-12-10-8-6-4-2/h71-74,76-83,85-87,89-93H,3-70H2,1-2H3,(H,84,88). The predicted octanol–water partition coefficient (Wildman–Crippen LogP) is 19.9. The summed E-state index contributed by atoms with van der Waals surface area (Å²) in [5, 5.41) is 87.9. The lowest BCUT2D eigenvalue weighted by atomic mass is 9.97. The molecule has 12 unspecified atom stereocenters. The van der Waals surface area contributed by atoms with E-state index in [9.17, 15) is 45.6 Å². The van der Waals surface area contributed by atoms with Crippen molar-refractivity contribution in [3.8, 4) is 0 Å². The molecule has 0 spiro atoms. The second kappa shape index (κ2) is 68.1. The van der Waals surface area contributed by atoms with Crippen LogP contribution in [-0.4, -0.2) is 140 Å². The molecule has 0 aromatic carbocycles. The van der Waals surface area contributed by atoms with Crippen LogP contribution in [0.1, 0.15) is 431 Å². The Bertz CT molecular complexity index is 1630. The van der Waals surface area contributed by atoms with Crippen molar-refractivity contribution < 1.29 is 64.6 Å². The van der Waals surface area contributed by atoms with E-state index < -0.39 is 86.8 Å². The van der Waals surface area contributed by atoms with Gasteiger partial charge < -0.3 is 65.1 Å². The molecule has 97 heavy (non-hydrogen) atoms. The molecule has 0 saturated carbocycles. The number of ether oxygens (including phenoxy) is 4. The SMILES string of the molecule is CCCCCCCCCCCCCCCCCCCCCCCCCCCCCCCCCCCCCCCC(=O)NC(COC1OC(CO)C(OC2OC(CO)C(O)C(O)C2O)C(O)C1O)C(O)CCCCCCCCCCCCCCCCCCCCCCCCCCCC. The van der Waals surface area contributed by atoms with Gasteiger partial charge >= 0.3 is 0 Å². The first-order chi connectivity index (χ1) is 47.6. The third-order valence-electron chi connectivity index (χ3n) is 21.6. The number of carbonyl (C=O) groups excluding carboxylic acids is 1. The third-order valence-corrected chi connectivity index (χ3v) is 21.6. The van der Waals surface area contributed by atoms with E-state index in [1.165, 1.54) is 353 Å². The predicted molar refractivity (Wildman–Crippen MR) is 402 cm³/mol. The molecule has 2 rings (SSSR count). The van der Waals surface area contributed by atoms with Crippen molar-refractivity contribution >= 4 is 5.91 Å². The van der Waals surface area contributed by atoms with Gasteiger partial charge in [0.15, 0.2) is 12.6 Å². The monoisotopic (exact) mass is 1380 g/mol. The largest absolute Gasteiger partial charge is 0.394 e. The minimum Gasteiger partial charge on any atom is -0.394 e. The maximum Gasteiger partial charge on any atom is 0.220 e. The zero-order chi connectivity index (χ0) is 70.1. The average molecular weight is 1380 g/mol. The average Bonchev–Trinajstić information content (AvgIpc) is 0.794. The smallest absolute Gasteiger partial charge is 0.220 e. The van der Waals surface area contributed by atoms with E-state index in [0.29, 0.717) is 12.8 Å². The minimum absolute atomic E-state index is 0.194. The van der Waals surface area contributed by atoms with Crippen molar-refractivity contribution in [3.63, 3.8) is 0 Å². The van der Waals surface area contributed by atoms with Gasteiger partial charge in [-0.3, -0.25) is 4.79 Å². The van der Waals surface area contributed by atoms with Gasteiger partial charge in [-0.15, -0.1) is 0 Å². The van der Waals surface area contributed by atoms with E-state index in [4.69, 9.17) is 18.9 Å². The Kier molecular flexibility index (Phi) is 64.7. The zero-order valence-electron chi connectivity index (χ0n) is 63.6. The lowest BCUT2D eigenvalue weighted by molar-refractivity contribution is -0.359. The van der Waals surface area contributed by atoms with Crippen molar-refractivity contribution in [2.75, 3.05) is 19.8 Å². The zero-order valence-corrected chi connectivity index (χ0v) is 63.6. The molecule has 0 aliphatic carbocycles. The van der Waals surface area contributed by atoms with Gasteiger partial charge in [-0.1, -0.05) is 412 Å². The summed E-state index contributed by atoms with van der Waals surface area (Å²) in [5.74, 6) is -0.194. The first-order valence-electron chi connectivity index (χ1n) is 42.8. The third kappa shape index (κ3) is 50.9. The number of rotatable bonds is 74. The van der Waals surface area contributed by atoms with Crippen LogP contribution in [0.2, 0.25) is 0 Å². The van der Waals surface area contributed by atoms with Crippen LogP contribution in [0.4, 0.5) is 0 Å². The summed E-state index contributed by atoms with van der Waals surface area (Å²) in [7, 11) is 0. The Balaban J connectivity index is 1.56. The first kappa shape index (κ1) is 92.1. The van der Waals surface area contributed by atoms with Gasteiger partial charge in [0.25, 0.3) is 0 Å². The molecule has 2 aliphatic heterocycles. The minimum atomic E-state index is -1.78. The number of carbonyl (C=O) groups is 1. The molecular formula is C83H163NO13. The van der Waals surface area contributed by atoms with Crippen LogP contribution in [0, 0.1) is 0 Å². The molecule has 0 aromatic heterocycles. The maximum atomic E-state index is 13.4. The first-order valence-corrected chi connectivity index (χ1v) is 42.8. The van der Waals surface area contributed by atoms with E-state index in [-0.39, 0.29) is 12.5 Å². The molecular weight excluding hydrogens is 1220 g/mol. The maximum absolute atomic E-state index is 13.4. The molecule has 2 heterocycles. The highest BCUT2D eigenvalue weighted by molar-refractivity contribution is 5.76. The van der Waals surface area contributed by atoms with Crippen LogP contribution >= 0.6 is 0 Å². The summed E-state index contributed by atoms with van der Waals surface area (Å²) in [6.07, 6.45) is 68.9. The second-order valence-corrected chi connectivity index (χ2v) is 30.7. The Morgan fingerprint density at radius 1 is 0.330 bits per heavy atom. The molecule has 1 amide bonds. The van der Waals surface area contributed by atoms with Crippen LogP contribution in [0.15, 0.2) is 0 Å². The van der Waals surface area contributed by atoms with Gasteiger partial charge in [-0.05, 0) is 12.8 Å². The van der Waals surface area contributed by atoms with E-state index in [2.05, 4.69) is 19.2 Å². The molecule has 2 fully saturated rings. The van der Waals surface area contributed by atoms with Gasteiger partial charge in [0.2, 0.25) is 5.91 Å². The van der Waals surface area contributed by atoms with E-state index in [1.54, 1.807) is 0 Å². The van der Waals surface area contributed by atoms with Crippen LogP contribution < -0.4 is 5.32 Å². The van der Waals surface area contributed by atoms with Gasteiger partial charge in [-0.2, -0.15) is 0 Å². The van der Waals surface area contributed by atoms with Crippen LogP contribution in [0.5, 0.6) is 0 Å². The fraction of sp³-hybridized carbons (Fsp3) is 0.988. The number of nitrogens with one attached hydrogen (secondary N) is 1. The second-order valence-electron chi connectivity index (χ2n) is 30.7. The van der Waals surface area contributed by atoms with Crippen molar-refractivity contribution in [2.45, 2.75) is 505 Å². The molecule has 2 saturated heterocycles. The highest BCUT2D eigenvalue weighted by atomic mass is 16.7.